The van der Waals surface area contributed by atoms with Crippen LogP contribution in [0.15, 0.2) is 11.6 Å². The Labute approximate surface area is 152 Å². The van der Waals surface area contributed by atoms with Crippen molar-refractivity contribution in [1.29, 1.82) is 0 Å². The Morgan fingerprint density at radius 3 is 2.62 bits per heavy atom. The van der Waals surface area contributed by atoms with Gasteiger partial charge in [-0.2, -0.15) is 4.57 Å². The minimum Gasteiger partial charge on any atom is -0.481 e. The zero-order valence-electron chi connectivity index (χ0n) is 15.9. The van der Waals surface area contributed by atoms with Gasteiger partial charge in [0, 0.05) is 31.9 Å². The van der Waals surface area contributed by atoms with Crippen LogP contribution in [0.4, 0.5) is 0 Å². The van der Waals surface area contributed by atoms with E-state index in [1.54, 1.807) is 6.92 Å². The van der Waals surface area contributed by atoms with Crippen LogP contribution >= 0.6 is 0 Å². The Bertz CT molecular complexity index is 953. The summed E-state index contributed by atoms with van der Waals surface area (Å²) in [6.07, 6.45) is 0.680. The van der Waals surface area contributed by atoms with Gasteiger partial charge < -0.3 is 14.8 Å². The van der Waals surface area contributed by atoms with E-state index >= 15 is 0 Å². The van der Waals surface area contributed by atoms with Gasteiger partial charge in [0.05, 0.1) is 23.4 Å². The van der Waals surface area contributed by atoms with E-state index in [1.807, 2.05) is 20.8 Å². The zero-order valence-corrected chi connectivity index (χ0v) is 15.9. The van der Waals surface area contributed by atoms with Crippen molar-refractivity contribution in [3.63, 3.8) is 0 Å². The second kappa shape index (κ2) is 6.59. The first-order chi connectivity index (χ1) is 12.3. The summed E-state index contributed by atoms with van der Waals surface area (Å²) in [5, 5.41) is 10.0. The molecule has 1 atom stereocenters. The van der Waals surface area contributed by atoms with Crippen molar-refractivity contribution < 1.29 is 24.0 Å². The van der Waals surface area contributed by atoms with Gasteiger partial charge in [-0.1, -0.05) is 0 Å². The smallest absolute Gasteiger partial charge is 0.355 e. The Hall–Kier alpha value is -2.63. The maximum atomic E-state index is 12.2. The summed E-state index contributed by atoms with van der Waals surface area (Å²) in [5.41, 5.74) is 6.70. The van der Waals surface area contributed by atoms with E-state index in [9.17, 15) is 9.59 Å². The molecule has 2 N–H and O–H groups in total. The highest BCUT2D eigenvalue weighted by Crippen LogP contribution is 2.37. The van der Waals surface area contributed by atoms with E-state index in [1.165, 1.54) is 0 Å². The third-order valence-corrected chi connectivity index (χ3v) is 5.38. The molecule has 0 radical (unpaired) electrons. The molecule has 0 aliphatic carbocycles. The van der Waals surface area contributed by atoms with Gasteiger partial charge >= 0.3 is 11.9 Å². The number of carbonyl (C=O) groups excluding carboxylic acids is 1. The third kappa shape index (κ3) is 2.69. The predicted octanol–water partition coefficient (Wildman–Crippen LogP) is 3.46. The van der Waals surface area contributed by atoms with Crippen LogP contribution in [0.3, 0.4) is 0 Å². The Morgan fingerprint density at radius 1 is 1.31 bits per heavy atom. The highest BCUT2D eigenvalue weighted by atomic mass is 16.5. The number of H-pyrrole nitrogens is 1. The molecule has 0 aromatic carbocycles. The lowest BCUT2D eigenvalue weighted by atomic mass is 9.95. The fourth-order valence-electron chi connectivity index (χ4n) is 4.16. The quantitative estimate of drug-likeness (QED) is 0.634. The molecule has 2 aromatic rings. The van der Waals surface area contributed by atoms with Gasteiger partial charge in [-0.25, -0.2) is 4.79 Å². The summed E-state index contributed by atoms with van der Waals surface area (Å²) >= 11 is 0. The van der Waals surface area contributed by atoms with Crippen LogP contribution in [-0.2, 0) is 9.53 Å². The van der Waals surface area contributed by atoms with Crippen molar-refractivity contribution in [3.8, 4) is 0 Å². The maximum absolute atomic E-state index is 12.2. The molecular formula is C20H25N2O4+. The lowest BCUT2D eigenvalue weighted by Gasteiger charge is -2.05. The Balaban J connectivity index is 2.15. The molecule has 3 heterocycles. The molecule has 138 valence electrons. The van der Waals surface area contributed by atoms with Gasteiger partial charge in [0.25, 0.3) is 0 Å². The van der Waals surface area contributed by atoms with E-state index < -0.39 is 5.97 Å². The van der Waals surface area contributed by atoms with Gasteiger partial charge in [-0.15, -0.1) is 0 Å². The number of carboxylic acid groups (broad SMARTS) is 1. The van der Waals surface area contributed by atoms with Gasteiger partial charge in [0.15, 0.2) is 17.1 Å². The molecule has 0 amide bonds. The average molecular weight is 357 g/mol. The van der Waals surface area contributed by atoms with E-state index in [0.717, 1.165) is 39.1 Å². The first kappa shape index (κ1) is 18.2. The number of hydrogen-bond acceptors (Lipinski definition) is 3. The molecule has 0 fully saturated rings. The minimum absolute atomic E-state index is 0.133. The predicted molar refractivity (Wildman–Crippen MR) is 98.1 cm³/mol. The molecule has 0 bridgehead atoms. The number of esters is 1. The molecule has 6 nitrogen and oxygen atoms in total. The number of carboxylic acids is 1. The van der Waals surface area contributed by atoms with Crippen molar-refractivity contribution in [2.75, 3.05) is 6.61 Å². The number of rotatable bonds is 5. The van der Waals surface area contributed by atoms with Gasteiger partial charge in [0.2, 0.25) is 0 Å². The topological polar surface area (TPSA) is 83.3 Å². The zero-order chi connectivity index (χ0) is 19.2. The number of nitrogens with zero attached hydrogens (tertiary/aromatic N) is 1. The first-order valence-corrected chi connectivity index (χ1v) is 8.94. The molecule has 6 heteroatoms. The van der Waals surface area contributed by atoms with Crippen LogP contribution in [0.2, 0.25) is 0 Å². The highest BCUT2D eigenvalue weighted by Gasteiger charge is 2.37. The second-order valence-electron chi connectivity index (χ2n) is 6.85. The number of aliphatic carboxylic acids is 1. The summed E-state index contributed by atoms with van der Waals surface area (Å²) in [6, 6.07) is 2.07. The van der Waals surface area contributed by atoms with Crippen molar-refractivity contribution >= 4 is 28.5 Å². The van der Waals surface area contributed by atoms with Crippen LogP contribution in [0.1, 0.15) is 67.0 Å². The summed E-state index contributed by atoms with van der Waals surface area (Å²) in [7, 11) is 0. The molecule has 0 saturated heterocycles. The number of allylic oxidation sites excluding steroid dienone is 2. The molecule has 1 unspecified atom stereocenters. The van der Waals surface area contributed by atoms with E-state index in [2.05, 4.69) is 22.5 Å². The minimum atomic E-state index is -0.780. The number of fused-ring (bicyclic) bond motifs is 2. The van der Waals surface area contributed by atoms with Crippen molar-refractivity contribution in [1.82, 2.24) is 4.98 Å². The van der Waals surface area contributed by atoms with Crippen molar-refractivity contribution in [2.24, 2.45) is 0 Å². The average Bonchev–Trinajstić information content (AvgIpc) is 3.02. The second-order valence-corrected chi connectivity index (χ2v) is 6.85. The van der Waals surface area contributed by atoms with Crippen LogP contribution < -0.4 is 4.57 Å². The van der Waals surface area contributed by atoms with Crippen LogP contribution in [0, 0.1) is 13.8 Å². The number of aryl methyl sites for hydroxylation is 2. The number of ether oxygens (including phenoxy) is 1. The summed E-state index contributed by atoms with van der Waals surface area (Å²) in [4.78, 5) is 26.4. The van der Waals surface area contributed by atoms with Crippen LogP contribution in [-0.4, -0.2) is 28.6 Å². The first-order valence-electron chi connectivity index (χ1n) is 8.94. The Kier molecular flexibility index (Phi) is 4.61. The number of hydrogen-bond donors (Lipinski definition) is 2. The fourth-order valence-corrected chi connectivity index (χ4v) is 4.16. The number of aromatic nitrogens is 2. The maximum Gasteiger partial charge on any atom is 0.355 e. The van der Waals surface area contributed by atoms with Crippen molar-refractivity contribution in [3.05, 3.63) is 34.3 Å². The summed E-state index contributed by atoms with van der Waals surface area (Å²) < 4.78 is 7.35. The highest BCUT2D eigenvalue weighted by molar-refractivity contribution is 5.98. The largest absolute Gasteiger partial charge is 0.481 e. The molecule has 1 aliphatic heterocycles. The van der Waals surface area contributed by atoms with Gasteiger partial charge in [-0.3, -0.25) is 4.79 Å². The molecule has 26 heavy (non-hydrogen) atoms. The normalized spacial score (nSPS) is 16.3. The van der Waals surface area contributed by atoms with Gasteiger partial charge in [0.1, 0.15) is 5.69 Å². The molecule has 1 aliphatic rings. The van der Waals surface area contributed by atoms with Crippen molar-refractivity contribution in [2.45, 2.75) is 53.4 Å². The summed E-state index contributed by atoms with van der Waals surface area (Å²) in [5.74, 6) is -0.975. The van der Waals surface area contributed by atoms with Crippen LogP contribution in [0.5, 0.6) is 0 Å². The molecular weight excluding hydrogens is 332 g/mol. The molecule has 0 spiro atoms. The molecule has 3 rings (SSSR count). The monoisotopic (exact) mass is 357 g/mol. The van der Waals surface area contributed by atoms with E-state index in [-0.39, 0.29) is 18.3 Å². The Morgan fingerprint density at radius 2 is 2.00 bits per heavy atom. The van der Waals surface area contributed by atoms with Gasteiger partial charge in [-0.05, 0) is 32.8 Å². The molecule has 2 aromatic heterocycles. The number of pyridine rings is 1. The molecule has 0 saturated carbocycles. The number of carbonyl (C=O) groups is 2. The van der Waals surface area contributed by atoms with E-state index in [4.69, 9.17) is 9.84 Å². The van der Waals surface area contributed by atoms with E-state index in [0.29, 0.717) is 18.7 Å². The standard InChI is InChI=1S/C20H24N2O4/c1-6-26-20(25)19-11(3)18-13(5)22-12(4)14(7-8-17(23)24)10(2)16(22)9-15(18)21-19/h9-10H,6-8H2,1-5H3,(H,23,24)/p+1. The third-order valence-electron chi connectivity index (χ3n) is 5.38. The van der Waals surface area contributed by atoms with Crippen LogP contribution in [0.25, 0.3) is 16.6 Å². The number of aromatic amines is 1. The number of nitrogens with one attached hydrogen (secondary N) is 1. The summed E-state index contributed by atoms with van der Waals surface area (Å²) in [6.45, 7) is 10.2. The lowest BCUT2D eigenvalue weighted by molar-refractivity contribution is -0.591. The SMILES string of the molecule is CCOC(=O)c1[nH]c2cc3[n+](c(C)c2c1C)C(C)=C(CCC(=O)O)C3C. The fraction of sp³-hybridized carbons (Fsp3) is 0.450. The lowest BCUT2D eigenvalue weighted by Crippen LogP contribution is -2.36.